The van der Waals surface area contributed by atoms with Crippen molar-refractivity contribution >= 4 is 39.2 Å². The van der Waals surface area contributed by atoms with E-state index in [2.05, 4.69) is 85.5 Å². The molecule has 0 aliphatic carbocycles. The van der Waals surface area contributed by atoms with Crippen LogP contribution in [0.4, 0.5) is 0 Å². The molecule has 0 bridgehead atoms. The summed E-state index contributed by atoms with van der Waals surface area (Å²) in [6, 6.07) is 0. The van der Waals surface area contributed by atoms with Crippen LogP contribution in [0.5, 0.6) is 0 Å². The van der Waals surface area contributed by atoms with Crippen molar-refractivity contribution in [1.82, 2.24) is 0 Å². The van der Waals surface area contributed by atoms with E-state index < -0.39 is 33.3 Å². The van der Waals surface area contributed by atoms with E-state index in [-0.39, 0.29) is 30.4 Å². The highest BCUT2D eigenvalue weighted by Gasteiger charge is 2.37. The normalized spacial score (nSPS) is 16.3. The van der Waals surface area contributed by atoms with Crippen LogP contribution in [0, 0.1) is 0 Å². The molecule has 0 heterocycles. The fourth-order valence-electron chi connectivity index (χ4n) is 5.11. The summed E-state index contributed by atoms with van der Waals surface area (Å²) in [5, 5.41) is 0. The summed E-state index contributed by atoms with van der Waals surface area (Å²) in [4.78, 5) is 11.2. The van der Waals surface area contributed by atoms with Gasteiger partial charge in [0.25, 0.3) is 0 Å². The molecular weight excluding hydrogens is 581 g/mol. The summed E-state index contributed by atoms with van der Waals surface area (Å²) >= 11 is 0. The highest BCUT2D eigenvalue weighted by atomic mass is 28.4. The number of ether oxygens (including phenoxy) is 1. The van der Waals surface area contributed by atoms with Gasteiger partial charge < -0.3 is 22.4 Å². The first-order chi connectivity index (χ1) is 18.6. The second kappa shape index (κ2) is 19.5. The molecule has 0 spiro atoms. The molecular formula is C31H70O6Si4. The van der Waals surface area contributed by atoms with E-state index in [4.69, 9.17) is 22.4 Å². The molecule has 0 rings (SSSR count). The Morgan fingerprint density at radius 2 is 0.878 bits per heavy atom. The minimum absolute atomic E-state index is 0.00935. The third kappa shape index (κ3) is 25.2. The van der Waals surface area contributed by atoms with Gasteiger partial charge in [0.1, 0.15) is 0 Å². The lowest BCUT2D eigenvalue weighted by atomic mass is 9.98. The smallest absolute Gasteiger partial charge is 0.305 e. The number of hydrogen-bond acceptors (Lipinski definition) is 6. The van der Waals surface area contributed by atoms with E-state index in [0.29, 0.717) is 6.42 Å². The quantitative estimate of drug-likeness (QED) is 0.0589. The van der Waals surface area contributed by atoms with Crippen molar-refractivity contribution in [2.24, 2.45) is 0 Å². The number of carbonyl (C=O) groups is 1. The van der Waals surface area contributed by atoms with Crippen molar-refractivity contribution in [3.8, 4) is 0 Å². The van der Waals surface area contributed by atoms with Crippen LogP contribution in [0.1, 0.15) is 84.0 Å². The zero-order valence-electron chi connectivity index (χ0n) is 29.7. The third-order valence-corrected chi connectivity index (χ3v) is 10.7. The van der Waals surface area contributed by atoms with Gasteiger partial charge in [0.15, 0.2) is 33.3 Å². The van der Waals surface area contributed by atoms with Crippen LogP contribution in [-0.2, 0) is 27.2 Å². The number of unbranched alkanes of at least 4 members (excludes halogenated alkanes) is 8. The lowest BCUT2D eigenvalue weighted by Crippen LogP contribution is -2.50. The highest BCUT2D eigenvalue weighted by Crippen LogP contribution is 2.29. The van der Waals surface area contributed by atoms with Gasteiger partial charge in [-0.05, 0) is 98.3 Å². The third-order valence-electron chi connectivity index (χ3n) is 6.55. The molecule has 0 amide bonds. The molecule has 246 valence electrons. The van der Waals surface area contributed by atoms with Gasteiger partial charge in [-0.25, -0.2) is 0 Å². The molecule has 0 saturated heterocycles. The average molecular weight is 651 g/mol. The number of methoxy groups -OCH3 is 1. The van der Waals surface area contributed by atoms with Gasteiger partial charge in [0.2, 0.25) is 0 Å². The first-order valence-electron chi connectivity index (χ1n) is 16.4. The molecule has 0 fully saturated rings. The number of hydrogen-bond donors (Lipinski definition) is 0. The topological polar surface area (TPSA) is 63.2 Å². The Labute approximate surface area is 259 Å². The van der Waals surface area contributed by atoms with E-state index in [1.54, 1.807) is 0 Å². The van der Waals surface area contributed by atoms with Crippen molar-refractivity contribution in [3.05, 3.63) is 0 Å². The molecule has 4 unspecified atom stereocenters. The van der Waals surface area contributed by atoms with Crippen LogP contribution < -0.4 is 0 Å². The summed E-state index contributed by atoms with van der Waals surface area (Å²) in [6.07, 6.45) is 13.3. The van der Waals surface area contributed by atoms with Crippen molar-refractivity contribution in [3.63, 3.8) is 0 Å². The van der Waals surface area contributed by atoms with Crippen molar-refractivity contribution < 1.29 is 27.2 Å². The van der Waals surface area contributed by atoms with Crippen LogP contribution in [0.3, 0.4) is 0 Å². The van der Waals surface area contributed by atoms with E-state index in [9.17, 15) is 4.79 Å². The predicted octanol–water partition coefficient (Wildman–Crippen LogP) is 9.74. The molecule has 0 N–H and O–H groups in total. The van der Waals surface area contributed by atoms with Crippen LogP contribution in [0.15, 0.2) is 0 Å². The zero-order valence-corrected chi connectivity index (χ0v) is 33.7. The summed E-state index contributed by atoms with van der Waals surface area (Å²) in [5.41, 5.74) is 0. The Balaban J connectivity index is 5.25. The Kier molecular flexibility index (Phi) is 19.6. The van der Waals surface area contributed by atoms with Gasteiger partial charge in [0.05, 0.1) is 31.5 Å². The molecule has 0 aliphatic heterocycles. The molecule has 10 heteroatoms. The fraction of sp³-hybridized carbons (Fsp3) is 0.968. The number of esters is 1. The summed E-state index contributed by atoms with van der Waals surface area (Å²) in [6.45, 7) is 29.5. The molecule has 0 aromatic rings. The standard InChI is InChI=1S/C31H70O6Si4/c1-27(34-38(3,4)5)29(36-40(9,10)11)26-30(37-41(12,13)14)28(35-39(6,7)8)24-22-20-18-16-15-17-19-21-23-25-31(32)33-2/h27-30H,15-26H2,1-14H3. The fourth-order valence-corrected chi connectivity index (χ4v) is 9.91. The van der Waals surface area contributed by atoms with Gasteiger partial charge >= 0.3 is 5.97 Å². The van der Waals surface area contributed by atoms with E-state index in [1.807, 2.05) is 0 Å². The monoisotopic (exact) mass is 650 g/mol. The van der Waals surface area contributed by atoms with E-state index in [0.717, 1.165) is 25.7 Å². The second-order valence-electron chi connectivity index (χ2n) is 15.8. The predicted molar refractivity (Wildman–Crippen MR) is 186 cm³/mol. The van der Waals surface area contributed by atoms with Gasteiger partial charge in [-0.2, -0.15) is 0 Å². The summed E-state index contributed by atoms with van der Waals surface area (Å²) in [5.74, 6) is -0.0904. The van der Waals surface area contributed by atoms with Crippen LogP contribution in [0.25, 0.3) is 0 Å². The van der Waals surface area contributed by atoms with E-state index >= 15 is 0 Å². The maximum absolute atomic E-state index is 11.2. The van der Waals surface area contributed by atoms with Crippen LogP contribution in [-0.4, -0.2) is 70.8 Å². The molecule has 0 radical (unpaired) electrons. The highest BCUT2D eigenvalue weighted by molar-refractivity contribution is 6.71. The van der Waals surface area contributed by atoms with Gasteiger partial charge in [-0.3, -0.25) is 4.79 Å². The Morgan fingerprint density at radius 1 is 0.512 bits per heavy atom. The Bertz CT molecular complexity index is 695. The SMILES string of the molecule is COC(=O)CCCCCCCCCCCC(O[Si](C)(C)C)C(CC(O[Si](C)(C)C)C(C)O[Si](C)(C)C)O[Si](C)(C)C. The van der Waals surface area contributed by atoms with Crippen molar-refractivity contribution in [2.45, 2.75) is 187 Å². The minimum Gasteiger partial charge on any atom is -0.469 e. The lowest BCUT2D eigenvalue weighted by molar-refractivity contribution is -0.140. The van der Waals surface area contributed by atoms with Crippen molar-refractivity contribution in [2.75, 3.05) is 7.11 Å². The van der Waals surface area contributed by atoms with Gasteiger partial charge in [-0.15, -0.1) is 0 Å². The Hall–Kier alpha value is 0.178. The van der Waals surface area contributed by atoms with Crippen molar-refractivity contribution in [1.29, 1.82) is 0 Å². The molecule has 0 aromatic carbocycles. The van der Waals surface area contributed by atoms with Gasteiger partial charge in [-0.1, -0.05) is 51.4 Å². The largest absolute Gasteiger partial charge is 0.469 e. The maximum Gasteiger partial charge on any atom is 0.305 e. The summed E-state index contributed by atoms with van der Waals surface area (Å²) in [7, 11) is -5.64. The van der Waals surface area contributed by atoms with Gasteiger partial charge in [0, 0.05) is 12.8 Å². The number of rotatable bonds is 24. The lowest BCUT2D eigenvalue weighted by Gasteiger charge is -2.41. The molecule has 4 atom stereocenters. The molecule has 41 heavy (non-hydrogen) atoms. The number of carbonyl (C=O) groups excluding carboxylic acids is 1. The minimum atomic E-state index is -1.82. The first-order valence-corrected chi connectivity index (χ1v) is 30.0. The van der Waals surface area contributed by atoms with Crippen LogP contribution in [0.2, 0.25) is 78.6 Å². The molecule has 6 nitrogen and oxygen atoms in total. The summed E-state index contributed by atoms with van der Waals surface area (Å²) < 4.78 is 31.9. The first kappa shape index (κ1) is 41.2. The second-order valence-corrected chi connectivity index (χ2v) is 33.6. The van der Waals surface area contributed by atoms with E-state index in [1.165, 1.54) is 52.1 Å². The molecule has 0 aliphatic rings. The molecule has 0 aromatic heterocycles. The van der Waals surface area contributed by atoms with Crippen LogP contribution >= 0.6 is 0 Å². The maximum atomic E-state index is 11.2. The Morgan fingerprint density at radius 3 is 1.29 bits per heavy atom. The zero-order chi connectivity index (χ0) is 31.9. The average Bonchev–Trinajstić information content (AvgIpc) is 2.77. The molecule has 0 saturated carbocycles.